The number of nitrogens with one attached hydrogen (secondary N) is 1. The van der Waals surface area contributed by atoms with E-state index in [1.165, 1.54) is 0 Å². The number of rotatable bonds is 8. The van der Waals surface area contributed by atoms with Gasteiger partial charge in [0.15, 0.2) is 0 Å². The molecule has 1 N–H and O–H groups in total. The van der Waals surface area contributed by atoms with Crippen molar-refractivity contribution in [1.29, 1.82) is 0 Å². The highest BCUT2D eigenvalue weighted by Gasteiger charge is 2.32. The molecular weight excluding hydrogens is 380 g/mol. The summed E-state index contributed by atoms with van der Waals surface area (Å²) in [7, 11) is 0. The van der Waals surface area contributed by atoms with E-state index in [2.05, 4.69) is 5.32 Å². The number of para-hydroxylation sites is 1. The Labute approximate surface area is 155 Å². The van der Waals surface area contributed by atoms with Gasteiger partial charge in [0.25, 0.3) is 11.4 Å². The topological polar surface area (TPSA) is 177 Å². The maximum Gasteiger partial charge on any atom is 0.412 e. The van der Waals surface area contributed by atoms with E-state index in [9.17, 15) is 35.1 Å². The summed E-state index contributed by atoms with van der Waals surface area (Å²) < 4.78 is 9.99. The normalized spacial score (nSPS) is 10.0. The molecule has 2 rings (SSSR count). The molecule has 0 heterocycles. The van der Waals surface area contributed by atoms with Gasteiger partial charge in [-0.3, -0.25) is 30.3 Å². The molecule has 146 valence electrons. The van der Waals surface area contributed by atoms with Gasteiger partial charge in [-0.05, 0) is 12.1 Å². The molecular formula is C15H12N4O9. The first-order valence-electron chi connectivity index (χ1n) is 7.54. The Bertz CT molecular complexity index is 882. The van der Waals surface area contributed by atoms with E-state index >= 15 is 0 Å². The summed E-state index contributed by atoms with van der Waals surface area (Å²) in [6.07, 6.45) is -0.831. The minimum absolute atomic E-state index is 0.197. The maximum atomic E-state index is 11.6. The summed E-state index contributed by atoms with van der Waals surface area (Å²) in [5.74, 6) is -0.471. The first-order chi connectivity index (χ1) is 13.3. The molecule has 0 unspecified atom stereocenters. The first-order valence-corrected chi connectivity index (χ1v) is 7.54. The van der Waals surface area contributed by atoms with Gasteiger partial charge in [-0.1, -0.05) is 18.2 Å². The predicted molar refractivity (Wildman–Crippen MR) is 92.4 cm³/mol. The summed E-state index contributed by atoms with van der Waals surface area (Å²) in [4.78, 5) is 41.6. The van der Waals surface area contributed by atoms with E-state index < -0.39 is 43.7 Å². The van der Waals surface area contributed by atoms with Crippen LogP contribution in [0.25, 0.3) is 0 Å². The van der Waals surface area contributed by atoms with E-state index in [4.69, 9.17) is 9.47 Å². The van der Waals surface area contributed by atoms with Crippen LogP contribution in [-0.2, 0) is 0 Å². The third kappa shape index (κ3) is 5.10. The third-order valence-corrected chi connectivity index (χ3v) is 3.21. The number of carbonyl (C=O) groups excluding carboxylic acids is 1. The number of hydrogen-bond acceptors (Lipinski definition) is 9. The SMILES string of the molecule is O=C(NCCOc1c([N+](=O)[O-])cc([N+](=O)[O-])cc1[N+](=O)[O-])Oc1ccccc1. The molecule has 0 radical (unpaired) electrons. The average molecular weight is 392 g/mol. The summed E-state index contributed by atoms with van der Waals surface area (Å²) in [6.45, 7) is -0.583. The minimum atomic E-state index is -1.04. The molecule has 2 aromatic carbocycles. The molecule has 0 bridgehead atoms. The average Bonchev–Trinajstić information content (AvgIpc) is 2.65. The largest absolute Gasteiger partial charge is 0.480 e. The van der Waals surface area contributed by atoms with Gasteiger partial charge in [0.1, 0.15) is 12.4 Å². The second-order valence-electron chi connectivity index (χ2n) is 5.06. The molecule has 0 saturated carbocycles. The molecule has 13 heteroatoms. The molecule has 0 aliphatic carbocycles. The van der Waals surface area contributed by atoms with Crippen molar-refractivity contribution in [2.75, 3.05) is 13.2 Å². The molecule has 0 fully saturated rings. The zero-order chi connectivity index (χ0) is 20.7. The molecule has 0 aromatic heterocycles. The lowest BCUT2D eigenvalue weighted by Crippen LogP contribution is -2.30. The molecule has 0 aliphatic rings. The van der Waals surface area contributed by atoms with Gasteiger partial charge >= 0.3 is 17.5 Å². The molecule has 0 aliphatic heterocycles. The Balaban J connectivity index is 2.06. The molecule has 28 heavy (non-hydrogen) atoms. The van der Waals surface area contributed by atoms with Crippen LogP contribution in [0, 0.1) is 30.3 Å². The van der Waals surface area contributed by atoms with Crippen molar-refractivity contribution < 1.29 is 29.0 Å². The predicted octanol–water partition coefficient (Wildman–Crippen LogP) is 2.58. The number of amides is 1. The molecule has 0 spiro atoms. The molecule has 2 aromatic rings. The molecule has 0 saturated heterocycles. The van der Waals surface area contributed by atoms with E-state index in [0.29, 0.717) is 12.1 Å². The Morgan fingerprint density at radius 1 is 0.929 bits per heavy atom. The van der Waals surface area contributed by atoms with Crippen LogP contribution in [0.3, 0.4) is 0 Å². The highest BCUT2D eigenvalue weighted by Crippen LogP contribution is 2.40. The monoisotopic (exact) mass is 392 g/mol. The van der Waals surface area contributed by atoms with Crippen LogP contribution >= 0.6 is 0 Å². The molecule has 1 amide bonds. The number of carbonyl (C=O) groups is 1. The van der Waals surface area contributed by atoms with Crippen LogP contribution < -0.4 is 14.8 Å². The third-order valence-electron chi connectivity index (χ3n) is 3.21. The summed E-state index contributed by atoms with van der Waals surface area (Å²) in [5, 5.41) is 35.3. The van der Waals surface area contributed by atoms with Gasteiger partial charge in [0, 0.05) is 0 Å². The van der Waals surface area contributed by atoms with Crippen LogP contribution in [0.4, 0.5) is 21.9 Å². The van der Waals surface area contributed by atoms with Crippen molar-refractivity contribution in [3.8, 4) is 11.5 Å². The number of nitro groups is 3. The quantitative estimate of drug-likeness (QED) is 0.401. The van der Waals surface area contributed by atoms with Gasteiger partial charge in [0.05, 0.1) is 33.4 Å². The standard InChI is InChI=1S/C15H12N4O9/c20-15(28-11-4-2-1-3-5-11)16-6-7-27-14-12(18(23)24)8-10(17(21)22)9-13(14)19(25)26/h1-5,8-9H,6-7H2,(H,16,20). The Hall–Kier alpha value is -4.29. The second-order valence-corrected chi connectivity index (χ2v) is 5.06. The first kappa shape index (κ1) is 20.0. The lowest BCUT2D eigenvalue weighted by molar-refractivity contribution is -0.404. The number of benzene rings is 2. The number of nitro benzene ring substituents is 3. The molecule has 0 atom stereocenters. The fourth-order valence-corrected chi connectivity index (χ4v) is 2.05. The van der Waals surface area contributed by atoms with Crippen LogP contribution in [-0.4, -0.2) is 34.0 Å². The zero-order valence-corrected chi connectivity index (χ0v) is 14.0. The van der Waals surface area contributed by atoms with Gasteiger partial charge in [-0.25, -0.2) is 4.79 Å². The van der Waals surface area contributed by atoms with Crippen LogP contribution in [0.1, 0.15) is 0 Å². The van der Waals surface area contributed by atoms with Crippen molar-refractivity contribution in [2.24, 2.45) is 0 Å². The fraction of sp³-hybridized carbons (Fsp3) is 0.133. The zero-order valence-electron chi connectivity index (χ0n) is 14.0. The summed E-state index contributed by atoms with van der Waals surface area (Å²) in [5.41, 5.74) is -2.70. The smallest absolute Gasteiger partial charge is 0.412 e. The summed E-state index contributed by atoms with van der Waals surface area (Å²) >= 11 is 0. The maximum absolute atomic E-state index is 11.6. The molecule has 13 nitrogen and oxygen atoms in total. The highest BCUT2D eigenvalue weighted by molar-refractivity contribution is 5.70. The summed E-state index contributed by atoms with van der Waals surface area (Å²) in [6, 6.07) is 9.22. The lowest BCUT2D eigenvalue weighted by atomic mass is 10.2. The minimum Gasteiger partial charge on any atom is -0.480 e. The van der Waals surface area contributed by atoms with Crippen molar-refractivity contribution in [3.05, 3.63) is 72.8 Å². The van der Waals surface area contributed by atoms with Crippen molar-refractivity contribution in [2.45, 2.75) is 0 Å². The number of non-ortho nitro benzene ring substituents is 1. The number of nitrogens with zero attached hydrogens (tertiary/aromatic N) is 3. The highest BCUT2D eigenvalue weighted by atomic mass is 16.6. The van der Waals surface area contributed by atoms with Crippen LogP contribution in [0.2, 0.25) is 0 Å². The van der Waals surface area contributed by atoms with Crippen LogP contribution in [0.5, 0.6) is 11.5 Å². The van der Waals surface area contributed by atoms with E-state index in [0.717, 1.165) is 0 Å². The van der Waals surface area contributed by atoms with Gasteiger partial charge in [0.2, 0.25) is 0 Å². The van der Waals surface area contributed by atoms with Gasteiger partial charge in [-0.15, -0.1) is 0 Å². The lowest BCUT2D eigenvalue weighted by Gasteiger charge is -2.09. The fourth-order valence-electron chi connectivity index (χ4n) is 2.05. The Morgan fingerprint density at radius 2 is 1.50 bits per heavy atom. The van der Waals surface area contributed by atoms with Crippen molar-refractivity contribution in [1.82, 2.24) is 5.32 Å². The van der Waals surface area contributed by atoms with Gasteiger partial charge in [-0.2, -0.15) is 0 Å². The van der Waals surface area contributed by atoms with Gasteiger partial charge < -0.3 is 14.8 Å². The van der Waals surface area contributed by atoms with Crippen molar-refractivity contribution >= 4 is 23.2 Å². The van der Waals surface area contributed by atoms with E-state index in [1.54, 1.807) is 30.3 Å². The van der Waals surface area contributed by atoms with E-state index in [-0.39, 0.29) is 18.9 Å². The Kier molecular flexibility index (Phi) is 6.35. The second kappa shape index (κ2) is 8.88. The number of ether oxygens (including phenoxy) is 2. The van der Waals surface area contributed by atoms with E-state index in [1.807, 2.05) is 0 Å². The Morgan fingerprint density at radius 3 is 2.00 bits per heavy atom. The van der Waals surface area contributed by atoms with Crippen LogP contribution in [0.15, 0.2) is 42.5 Å². The number of hydrogen-bond donors (Lipinski definition) is 1. The van der Waals surface area contributed by atoms with Crippen molar-refractivity contribution in [3.63, 3.8) is 0 Å².